The number of hydrogen-bond acceptors (Lipinski definition) is 4. The van der Waals surface area contributed by atoms with Crippen LogP contribution in [-0.2, 0) is 19.4 Å². The lowest BCUT2D eigenvalue weighted by Crippen LogP contribution is -2.28. The monoisotopic (exact) mass is 389 g/mol. The molecule has 0 aliphatic heterocycles. The topological polar surface area (TPSA) is 64.5 Å². The third-order valence-corrected chi connectivity index (χ3v) is 5.14. The fraction of sp³-hybridized carbons (Fsp3) is 0.280. The molecule has 152 valence electrons. The lowest BCUT2D eigenvalue weighted by atomic mass is 10.1. The Kier molecular flexibility index (Phi) is 7.54. The lowest BCUT2D eigenvalue weighted by Gasteiger charge is -2.20. The van der Waals surface area contributed by atoms with Gasteiger partial charge in [0.05, 0.1) is 5.69 Å². The van der Waals surface area contributed by atoms with Crippen molar-refractivity contribution in [2.45, 2.75) is 26.4 Å². The first-order chi connectivity index (χ1) is 14.1. The molecule has 0 aliphatic rings. The first-order valence-electron chi connectivity index (χ1n) is 10.3. The second kappa shape index (κ2) is 10.5. The van der Waals surface area contributed by atoms with Crippen LogP contribution in [0.2, 0.25) is 0 Å². The number of benzene rings is 3. The van der Waals surface area contributed by atoms with Gasteiger partial charge in [0.1, 0.15) is 12.4 Å². The average molecular weight is 390 g/mol. The van der Waals surface area contributed by atoms with Crippen LogP contribution in [0, 0.1) is 0 Å². The molecule has 0 saturated carbocycles. The van der Waals surface area contributed by atoms with Gasteiger partial charge in [-0.2, -0.15) is 0 Å². The van der Waals surface area contributed by atoms with Crippen LogP contribution in [0.25, 0.3) is 0 Å². The molecule has 0 aromatic heterocycles. The van der Waals surface area contributed by atoms with E-state index in [9.17, 15) is 0 Å². The first kappa shape index (κ1) is 20.7. The minimum atomic E-state index is 0.526. The quantitative estimate of drug-likeness (QED) is 0.500. The zero-order chi connectivity index (χ0) is 20.5. The molecule has 0 saturated heterocycles. The van der Waals surface area contributed by atoms with Gasteiger partial charge in [-0.3, -0.25) is 0 Å². The Bertz CT molecular complexity index is 896. The summed E-state index contributed by atoms with van der Waals surface area (Å²) in [5.74, 6) is 0.742. The van der Waals surface area contributed by atoms with Gasteiger partial charge < -0.3 is 21.1 Å². The highest BCUT2D eigenvalue weighted by molar-refractivity contribution is 5.54. The van der Waals surface area contributed by atoms with Crippen LogP contribution in [0.3, 0.4) is 0 Å². The number of nitrogens with two attached hydrogens (primary N) is 2. The zero-order valence-corrected chi connectivity index (χ0v) is 17.2. The number of likely N-dealkylation sites (N-methyl/N-ethyl adjacent to an activating group) is 1. The molecule has 3 aromatic rings. The van der Waals surface area contributed by atoms with Crippen molar-refractivity contribution in [3.05, 3.63) is 89.5 Å². The molecule has 0 atom stereocenters. The van der Waals surface area contributed by atoms with Crippen molar-refractivity contribution < 1.29 is 4.74 Å². The number of nitrogen functional groups attached to an aromatic ring is 2. The molecule has 0 heterocycles. The molecule has 0 aliphatic carbocycles. The molecule has 4 heteroatoms. The highest BCUT2D eigenvalue weighted by atomic mass is 16.5. The minimum absolute atomic E-state index is 0.526. The van der Waals surface area contributed by atoms with E-state index in [1.807, 2.05) is 54.6 Å². The van der Waals surface area contributed by atoms with Crippen LogP contribution in [0.5, 0.6) is 5.75 Å². The number of ether oxygens (including phenoxy) is 1. The Morgan fingerprint density at radius 2 is 1.45 bits per heavy atom. The van der Waals surface area contributed by atoms with Crippen LogP contribution < -0.4 is 16.2 Å². The van der Waals surface area contributed by atoms with Crippen molar-refractivity contribution in [2.75, 3.05) is 31.1 Å². The minimum Gasteiger partial charge on any atom is -0.487 e. The summed E-state index contributed by atoms with van der Waals surface area (Å²) in [6.45, 7) is 5.78. The Morgan fingerprint density at radius 3 is 2.10 bits per heavy atom. The summed E-state index contributed by atoms with van der Waals surface area (Å²) in [5.41, 5.74) is 17.3. The Balaban J connectivity index is 1.49. The summed E-state index contributed by atoms with van der Waals surface area (Å²) in [6, 6.07) is 24.4. The van der Waals surface area contributed by atoms with E-state index < -0.39 is 0 Å². The van der Waals surface area contributed by atoms with Gasteiger partial charge in [0.2, 0.25) is 0 Å². The van der Waals surface area contributed by atoms with Crippen molar-refractivity contribution in [3.63, 3.8) is 0 Å². The third-order valence-electron chi connectivity index (χ3n) is 5.14. The van der Waals surface area contributed by atoms with Crippen molar-refractivity contribution >= 4 is 11.4 Å². The molecule has 3 aromatic carbocycles. The maximum absolute atomic E-state index is 6.22. The maximum atomic E-state index is 6.22. The molecule has 0 fully saturated rings. The second-order valence-electron chi connectivity index (χ2n) is 7.33. The average Bonchev–Trinajstić information content (AvgIpc) is 2.74. The predicted octanol–water partition coefficient (Wildman–Crippen LogP) is 4.54. The summed E-state index contributed by atoms with van der Waals surface area (Å²) >= 11 is 0. The molecule has 0 unspecified atom stereocenters. The zero-order valence-electron chi connectivity index (χ0n) is 17.2. The summed E-state index contributed by atoms with van der Waals surface area (Å²) in [4.78, 5) is 2.46. The lowest BCUT2D eigenvalue weighted by molar-refractivity contribution is 0.295. The normalized spacial score (nSPS) is 11.0. The number of hydrogen-bond donors (Lipinski definition) is 2. The third kappa shape index (κ3) is 6.54. The van der Waals surface area contributed by atoms with E-state index >= 15 is 0 Å². The molecular weight excluding hydrogens is 358 g/mol. The Labute approximate surface area is 174 Å². The summed E-state index contributed by atoms with van der Waals surface area (Å²) < 4.78 is 5.88. The molecule has 4 nitrogen and oxygen atoms in total. The SMILES string of the molecule is CCN(CCc1cccc(N)c1)CCc1ccc(OCc2ccccc2)c(N)c1. The first-order valence-corrected chi connectivity index (χ1v) is 10.3. The van der Waals surface area contributed by atoms with E-state index in [1.165, 1.54) is 11.1 Å². The maximum Gasteiger partial charge on any atom is 0.142 e. The fourth-order valence-corrected chi connectivity index (χ4v) is 3.37. The largest absolute Gasteiger partial charge is 0.487 e. The van der Waals surface area contributed by atoms with Gasteiger partial charge in [-0.25, -0.2) is 0 Å². The van der Waals surface area contributed by atoms with Gasteiger partial charge in [-0.15, -0.1) is 0 Å². The van der Waals surface area contributed by atoms with Gasteiger partial charge in [0, 0.05) is 18.8 Å². The second-order valence-corrected chi connectivity index (χ2v) is 7.33. The van der Waals surface area contributed by atoms with E-state index in [-0.39, 0.29) is 0 Å². The van der Waals surface area contributed by atoms with Crippen molar-refractivity contribution in [1.29, 1.82) is 0 Å². The van der Waals surface area contributed by atoms with Gasteiger partial charge in [-0.1, -0.05) is 55.5 Å². The highest BCUT2D eigenvalue weighted by Crippen LogP contribution is 2.24. The molecule has 0 spiro atoms. The van der Waals surface area contributed by atoms with Crippen molar-refractivity contribution in [2.24, 2.45) is 0 Å². The van der Waals surface area contributed by atoms with Crippen LogP contribution >= 0.6 is 0 Å². The standard InChI is InChI=1S/C25H31N3O/c1-2-28(15-13-20-9-6-10-23(26)17-20)16-14-21-11-12-25(24(27)18-21)29-19-22-7-4-3-5-8-22/h3-12,17-18H,2,13-16,19,26-27H2,1H3. The summed E-state index contributed by atoms with van der Waals surface area (Å²) in [6.07, 6.45) is 1.97. The highest BCUT2D eigenvalue weighted by Gasteiger charge is 2.07. The number of nitrogens with zero attached hydrogens (tertiary/aromatic N) is 1. The molecule has 29 heavy (non-hydrogen) atoms. The van der Waals surface area contributed by atoms with E-state index in [2.05, 4.69) is 30.0 Å². The van der Waals surface area contributed by atoms with Gasteiger partial charge in [-0.05, 0) is 60.3 Å². The van der Waals surface area contributed by atoms with E-state index in [1.54, 1.807) is 0 Å². The number of anilines is 2. The predicted molar refractivity (Wildman–Crippen MR) is 122 cm³/mol. The molecule has 4 N–H and O–H groups in total. The van der Waals surface area contributed by atoms with E-state index in [0.29, 0.717) is 12.3 Å². The molecule has 0 radical (unpaired) electrons. The van der Waals surface area contributed by atoms with Gasteiger partial charge in [0.25, 0.3) is 0 Å². The molecular formula is C25H31N3O. The fourth-order valence-electron chi connectivity index (χ4n) is 3.37. The van der Waals surface area contributed by atoms with Crippen LogP contribution in [-0.4, -0.2) is 24.5 Å². The summed E-state index contributed by atoms with van der Waals surface area (Å²) in [5, 5.41) is 0. The Morgan fingerprint density at radius 1 is 0.759 bits per heavy atom. The smallest absolute Gasteiger partial charge is 0.142 e. The van der Waals surface area contributed by atoms with Crippen LogP contribution in [0.1, 0.15) is 23.6 Å². The van der Waals surface area contributed by atoms with Crippen LogP contribution in [0.4, 0.5) is 11.4 Å². The van der Waals surface area contributed by atoms with Crippen LogP contribution in [0.15, 0.2) is 72.8 Å². The van der Waals surface area contributed by atoms with E-state index in [0.717, 1.165) is 49.5 Å². The molecule has 3 rings (SSSR count). The van der Waals surface area contributed by atoms with Gasteiger partial charge in [0.15, 0.2) is 0 Å². The van der Waals surface area contributed by atoms with Gasteiger partial charge >= 0.3 is 0 Å². The van der Waals surface area contributed by atoms with Crippen molar-refractivity contribution in [1.82, 2.24) is 4.90 Å². The van der Waals surface area contributed by atoms with E-state index in [4.69, 9.17) is 16.2 Å². The Hall–Kier alpha value is -2.98. The molecule has 0 amide bonds. The number of rotatable bonds is 10. The molecule has 0 bridgehead atoms. The summed E-state index contributed by atoms with van der Waals surface area (Å²) in [7, 11) is 0. The van der Waals surface area contributed by atoms with Crippen molar-refractivity contribution in [3.8, 4) is 5.75 Å².